The Hall–Kier alpha value is -1.25. The van der Waals surface area contributed by atoms with Gasteiger partial charge in [-0.2, -0.15) is 5.10 Å². The van der Waals surface area contributed by atoms with Crippen molar-refractivity contribution >= 4 is 32.8 Å². The molecular formula is C13H19BrN6O. The van der Waals surface area contributed by atoms with Crippen molar-refractivity contribution in [3.8, 4) is 0 Å². The molecule has 8 heteroatoms. The van der Waals surface area contributed by atoms with Crippen LogP contribution in [0.2, 0.25) is 0 Å². The van der Waals surface area contributed by atoms with Crippen LogP contribution in [0.4, 0.5) is 5.82 Å². The summed E-state index contributed by atoms with van der Waals surface area (Å²) in [5.74, 6) is 0.946. The van der Waals surface area contributed by atoms with Crippen LogP contribution in [0, 0.1) is 0 Å². The second-order valence-corrected chi connectivity index (χ2v) is 5.97. The Balaban J connectivity index is 1.80. The van der Waals surface area contributed by atoms with Crippen LogP contribution >= 0.6 is 15.9 Å². The SMILES string of the molecule is Cn1nc(Br)c2c(N3CCN(CCCO)CC3)ncnc21. The van der Waals surface area contributed by atoms with Gasteiger partial charge in [0.05, 0.1) is 5.39 Å². The van der Waals surface area contributed by atoms with Gasteiger partial charge in [-0.05, 0) is 22.4 Å². The van der Waals surface area contributed by atoms with Gasteiger partial charge in [-0.25, -0.2) is 14.6 Å². The van der Waals surface area contributed by atoms with Crippen molar-refractivity contribution < 1.29 is 5.11 Å². The zero-order chi connectivity index (χ0) is 14.8. The maximum Gasteiger partial charge on any atom is 0.164 e. The maximum absolute atomic E-state index is 8.91. The van der Waals surface area contributed by atoms with Crippen LogP contribution in [-0.2, 0) is 7.05 Å². The minimum atomic E-state index is 0.259. The van der Waals surface area contributed by atoms with Gasteiger partial charge < -0.3 is 10.0 Å². The highest BCUT2D eigenvalue weighted by Crippen LogP contribution is 2.29. The Bertz CT molecular complexity index is 622. The van der Waals surface area contributed by atoms with Crippen LogP contribution in [0.1, 0.15) is 6.42 Å². The van der Waals surface area contributed by atoms with Crippen LogP contribution < -0.4 is 4.90 Å². The molecule has 0 saturated carbocycles. The lowest BCUT2D eigenvalue weighted by Crippen LogP contribution is -2.47. The van der Waals surface area contributed by atoms with Crippen LogP contribution in [0.25, 0.3) is 11.0 Å². The molecule has 1 aliphatic heterocycles. The average molecular weight is 355 g/mol. The summed E-state index contributed by atoms with van der Waals surface area (Å²) in [6.45, 7) is 5.06. The number of rotatable bonds is 4. The van der Waals surface area contributed by atoms with E-state index in [0.717, 1.165) is 60.6 Å². The number of aryl methyl sites for hydroxylation is 1. The van der Waals surface area contributed by atoms with E-state index in [0.29, 0.717) is 0 Å². The van der Waals surface area contributed by atoms with E-state index in [9.17, 15) is 0 Å². The third-order valence-electron chi connectivity index (χ3n) is 3.86. The van der Waals surface area contributed by atoms with Crippen molar-refractivity contribution in [2.75, 3.05) is 44.2 Å². The fourth-order valence-electron chi connectivity index (χ4n) is 2.74. The molecule has 0 aliphatic carbocycles. The molecule has 0 radical (unpaired) electrons. The molecule has 0 spiro atoms. The number of aliphatic hydroxyl groups is 1. The summed E-state index contributed by atoms with van der Waals surface area (Å²) in [5, 5.41) is 14.3. The zero-order valence-electron chi connectivity index (χ0n) is 12.0. The quantitative estimate of drug-likeness (QED) is 0.868. The number of aromatic nitrogens is 4. The number of aliphatic hydroxyl groups excluding tert-OH is 1. The molecule has 0 bridgehead atoms. The molecule has 0 atom stereocenters. The highest BCUT2D eigenvalue weighted by atomic mass is 79.9. The minimum Gasteiger partial charge on any atom is -0.396 e. The lowest BCUT2D eigenvalue weighted by molar-refractivity contribution is 0.216. The topological polar surface area (TPSA) is 70.3 Å². The third-order valence-corrected chi connectivity index (χ3v) is 4.42. The standard InChI is InChI=1S/C13H19BrN6O/c1-18-12-10(11(14)17-18)13(16-9-15-12)20-6-4-19(5-7-20)3-2-8-21/h9,21H,2-8H2,1H3. The van der Waals surface area contributed by atoms with Gasteiger partial charge in [0.1, 0.15) is 16.7 Å². The number of halogens is 1. The van der Waals surface area contributed by atoms with Gasteiger partial charge in [0.2, 0.25) is 0 Å². The number of nitrogens with zero attached hydrogens (tertiary/aromatic N) is 6. The van der Waals surface area contributed by atoms with Gasteiger partial charge in [0.25, 0.3) is 0 Å². The summed E-state index contributed by atoms with van der Waals surface area (Å²) in [5.41, 5.74) is 0.842. The van der Waals surface area contributed by atoms with Gasteiger partial charge in [0, 0.05) is 46.4 Å². The molecule has 3 rings (SSSR count). The van der Waals surface area contributed by atoms with Crippen LogP contribution in [0.5, 0.6) is 0 Å². The molecule has 1 saturated heterocycles. The number of anilines is 1. The van der Waals surface area contributed by atoms with Gasteiger partial charge in [-0.15, -0.1) is 0 Å². The van der Waals surface area contributed by atoms with Gasteiger partial charge in [-0.1, -0.05) is 0 Å². The smallest absolute Gasteiger partial charge is 0.164 e. The van der Waals surface area contributed by atoms with Crippen molar-refractivity contribution in [1.29, 1.82) is 0 Å². The van der Waals surface area contributed by atoms with E-state index in [1.165, 1.54) is 0 Å². The predicted octanol–water partition coefficient (Wildman–Crippen LogP) is 0.630. The molecule has 3 heterocycles. The van der Waals surface area contributed by atoms with Gasteiger partial charge >= 0.3 is 0 Å². The summed E-state index contributed by atoms with van der Waals surface area (Å²) in [6.07, 6.45) is 2.44. The fraction of sp³-hybridized carbons (Fsp3) is 0.615. The highest BCUT2D eigenvalue weighted by Gasteiger charge is 2.22. The monoisotopic (exact) mass is 354 g/mol. The van der Waals surface area contributed by atoms with Crippen molar-refractivity contribution in [2.24, 2.45) is 7.05 Å². The first kappa shape index (κ1) is 14.7. The van der Waals surface area contributed by atoms with E-state index in [-0.39, 0.29) is 6.61 Å². The Labute approximate surface area is 131 Å². The largest absolute Gasteiger partial charge is 0.396 e. The Kier molecular flexibility index (Phi) is 4.37. The minimum absolute atomic E-state index is 0.259. The second-order valence-electron chi connectivity index (χ2n) is 5.22. The van der Waals surface area contributed by atoms with E-state index in [1.54, 1.807) is 11.0 Å². The van der Waals surface area contributed by atoms with E-state index < -0.39 is 0 Å². The zero-order valence-corrected chi connectivity index (χ0v) is 13.6. The number of fused-ring (bicyclic) bond motifs is 1. The van der Waals surface area contributed by atoms with Crippen LogP contribution in [0.3, 0.4) is 0 Å². The molecule has 114 valence electrons. The molecular weight excluding hydrogens is 336 g/mol. The van der Waals surface area contributed by atoms with Crippen molar-refractivity contribution in [1.82, 2.24) is 24.6 Å². The Morgan fingerprint density at radius 2 is 2.00 bits per heavy atom. The number of hydrogen-bond acceptors (Lipinski definition) is 6. The molecule has 0 amide bonds. The molecule has 2 aromatic heterocycles. The first-order chi connectivity index (χ1) is 10.2. The van der Waals surface area contributed by atoms with E-state index in [4.69, 9.17) is 5.11 Å². The number of piperazine rings is 1. The molecule has 0 aromatic carbocycles. The fourth-order valence-corrected chi connectivity index (χ4v) is 3.34. The Morgan fingerprint density at radius 3 is 2.71 bits per heavy atom. The lowest BCUT2D eigenvalue weighted by Gasteiger charge is -2.35. The lowest BCUT2D eigenvalue weighted by atomic mass is 10.2. The van der Waals surface area contributed by atoms with Crippen molar-refractivity contribution in [3.05, 3.63) is 10.9 Å². The Morgan fingerprint density at radius 1 is 1.24 bits per heavy atom. The van der Waals surface area contributed by atoms with Crippen molar-refractivity contribution in [3.63, 3.8) is 0 Å². The summed E-state index contributed by atoms with van der Waals surface area (Å²) < 4.78 is 2.56. The van der Waals surface area contributed by atoms with Gasteiger partial charge in [-0.3, -0.25) is 4.90 Å². The molecule has 7 nitrogen and oxygen atoms in total. The molecule has 2 aromatic rings. The maximum atomic E-state index is 8.91. The van der Waals surface area contributed by atoms with Crippen molar-refractivity contribution in [2.45, 2.75) is 6.42 Å². The van der Waals surface area contributed by atoms with Crippen LogP contribution in [-0.4, -0.2) is 69.1 Å². The van der Waals surface area contributed by atoms with Gasteiger partial charge in [0.15, 0.2) is 5.65 Å². The average Bonchev–Trinajstić information content (AvgIpc) is 2.81. The summed E-state index contributed by atoms with van der Waals surface area (Å²) >= 11 is 3.50. The third kappa shape index (κ3) is 2.88. The number of hydrogen-bond donors (Lipinski definition) is 1. The molecule has 0 unspecified atom stereocenters. The summed E-state index contributed by atoms with van der Waals surface area (Å²) in [7, 11) is 1.89. The summed E-state index contributed by atoms with van der Waals surface area (Å²) in [6, 6.07) is 0. The second kappa shape index (κ2) is 6.25. The van der Waals surface area contributed by atoms with E-state index in [1.807, 2.05) is 7.05 Å². The van der Waals surface area contributed by atoms with E-state index >= 15 is 0 Å². The van der Waals surface area contributed by atoms with Crippen LogP contribution in [0.15, 0.2) is 10.9 Å². The molecule has 21 heavy (non-hydrogen) atoms. The molecule has 1 aliphatic rings. The summed E-state index contributed by atoms with van der Waals surface area (Å²) in [4.78, 5) is 13.4. The first-order valence-electron chi connectivity index (χ1n) is 7.12. The molecule has 1 N–H and O–H groups in total. The normalized spacial score (nSPS) is 16.8. The predicted molar refractivity (Wildman–Crippen MR) is 84.4 cm³/mol. The highest BCUT2D eigenvalue weighted by molar-refractivity contribution is 9.10. The first-order valence-corrected chi connectivity index (χ1v) is 7.91. The molecule has 1 fully saturated rings. The van der Waals surface area contributed by atoms with E-state index in [2.05, 4.69) is 40.8 Å².